The van der Waals surface area contributed by atoms with Crippen molar-refractivity contribution in [2.45, 2.75) is 38.5 Å². The highest BCUT2D eigenvalue weighted by molar-refractivity contribution is 7.22. The van der Waals surface area contributed by atoms with Gasteiger partial charge in [0.05, 0.1) is 37.5 Å². The molecule has 5 aromatic carbocycles. The van der Waals surface area contributed by atoms with E-state index in [1.165, 1.54) is 6.07 Å². The monoisotopic (exact) mass is 910 g/mol. The second-order valence-corrected chi connectivity index (χ2v) is 17.1. The highest BCUT2D eigenvalue weighted by atomic mass is 32.1. The van der Waals surface area contributed by atoms with E-state index < -0.39 is 11.7 Å². The first-order chi connectivity index (χ1) is 32.2. The summed E-state index contributed by atoms with van der Waals surface area (Å²) in [5.74, 6) is 1.10. The topological polar surface area (TPSA) is 140 Å². The molecule has 7 aromatic rings. The van der Waals surface area contributed by atoms with E-state index in [9.17, 15) is 23.6 Å². The Balaban J connectivity index is 0.717. The number of hydrogen-bond acceptors (Lipinski definition) is 10. The lowest BCUT2D eigenvalue weighted by Crippen LogP contribution is -2.50. The normalized spacial score (nSPS) is 12.7. The minimum absolute atomic E-state index is 0.0258. The van der Waals surface area contributed by atoms with Crippen LogP contribution in [-0.2, 0) is 16.0 Å². The Morgan fingerprint density at radius 2 is 1.41 bits per heavy atom. The number of carbonyl (C=O) groups is 3. The smallest absolute Gasteiger partial charge is 0.272 e. The number of benzene rings is 5. The number of hydrogen-bond donors (Lipinski definition) is 1. The van der Waals surface area contributed by atoms with Gasteiger partial charge in [-0.2, -0.15) is 5.10 Å². The fraction of sp³-hybridized carbons (Fsp3) is 0.288. The number of rotatable bonds is 19. The van der Waals surface area contributed by atoms with Crippen LogP contribution < -0.4 is 19.8 Å². The summed E-state index contributed by atoms with van der Waals surface area (Å²) < 4.78 is 38.5. The molecule has 3 heterocycles. The van der Waals surface area contributed by atoms with Crippen molar-refractivity contribution in [3.05, 3.63) is 153 Å². The van der Waals surface area contributed by atoms with Crippen molar-refractivity contribution in [3.63, 3.8) is 0 Å². The molecule has 0 radical (unpaired) electrons. The number of carbonyl (C=O) groups excluding carboxylic acids is 3. The van der Waals surface area contributed by atoms with E-state index in [4.69, 9.17) is 18.9 Å². The molecule has 8 rings (SSSR count). The zero-order valence-corrected chi connectivity index (χ0v) is 37.8. The summed E-state index contributed by atoms with van der Waals surface area (Å²) in [6, 6.07) is 32.3. The standard InChI is InChI=1S/C52H51FN4O8S/c1-62-37-17-15-36(16-18-37)50-48(42-22-21-39(63-2)33-46(42)66-50)49(59)35-13-19-38(20-14-35)65-30-8-29-64-28-7-3-4-11-47(58)56-24-26-57(27-25-56)52(61)43-31-34(12-23-44(43)53)32-45-40-9-5-6-10-41(40)51(60)55-54-45/h5-6,9-10,12-23,31,33H,3-4,7-8,11,24-30,32H2,1-2H3,(H,55,60). The van der Waals surface area contributed by atoms with E-state index >= 15 is 0 Å². The van der Waals surface area contributed by atoms with Crippen molar-refractivity contribution in [1.82, 2.24) is 20.0 Å². The average Bonchev–Trinajstić information content (AvgIpc) is 3.74. The Morgan fingerprint density at radius 1 is 0.712 bits per heavy atom. The Hall–Kier alpha value is -6.90. The van der Waals surface area contributed by atoms with Crippen LogP contribution >= 0.6 is 11.3 Å². The number of amides is 2. The number of H-pyrrole nitrogens is 1. The number of fused-ring (bicyclic) bond motifs is 2. The van der Waals surface area contributed by atoms with E-state index in [0.717, 1.165) is 51.3 Å². The SMILES string of the molecule is COc1ccc(-c2sc3cc(OC)ccc3c2C(=O)c2ccc(OCCCOCCCCCC(=O)N3CCN(C(=O)c4cc(Cc5n[nH]c(=O)c6ccccc56)ccc4F)CC3)cc2)cc1. The van der Waals surface area contributed by atoms with Gasteiger partial charge < -0.3 is 28.7 Å². The van der Waals surface area contributed by atoms with Gasteiger partial charge in [-0.3, -0.25) is 19.2 Å². The summed E-state index contributed by atoms with van der Waals surface area (Å²) in [7, 11) is 3.26. The Kier molecular flexibility index (Phi) is 14.8. The number of methoxy groups -OCH3 is 2. The van der Waals surface area contributed by atoms with Crippen LogP contribution in [0.25, 0.3) is 31.3 Å². The first-order valence-corrected chi connectivity index (χ1v) is 22.9. The number of nitrogens with one attached hydrogen (secondary N) is 1. The molecule has 1 aliphatic heterocycles. The Morgan fingerprint density at radius 3 is 2.17 bits per heavy atom. The molecule has 2 aromatic heterocycles. The van der Waals surface area contributed by atoms with Crippen LogP contribution in [0.1, 0.15) is 69.6 Å². The third-order valence-corrected chi connectivity index (χ3v) is 13.0. The van der Waals surface area contributed by atoms with Gasteiger partial charge in [0, 0.05) is 90.1 Å². The quantitative estimate of drug-likeness (QED) is 0.0622. The molecule has 2 amide bonds. The maximum atomic E-state index is 15.0. The van der Waals surface area contributed by atoms with E-state index in [2.05, 4.69) is 10.2 Å². The van der Waals surface area contributed by atoms with Crippen LogP contribution in [0.4, 0.5) is 4.39 Å². The first-order valence-electron chi connectivity index (χ1n) is 22.1. The minimum atomic E-state index is -0.609. The number of aromatic nitrogens is 2. The lowest BCUT2D eigenvalue weighted by Gasteiger charge is -2.35. The van der Waals surface area contributed by atoms with Crippen molar-refractivity contribution < 1.29 is 37.7 Å². The summed E-state index contributed by atoms with van der Waals surface area (Å²) in [6.45, 7) is 3.01. The molecule has 1 fully saturated rings. The Bertz CT molecular complexity index is 2890. The van der Waals surface area contributed by atoms with Crippen molar-refractivity contribution in [3.8, 4) is 27.7 Å². The largest absolute Gasteiger partial charge is 0.497 e. The number of ketones is 1. The van der Waals surface area contributed by atoms with Gasteiger partial charge in [0.15, 0.2) is 5.78 Å². The summed E-state index contributed by atoms with van der Waals surface area (Å²) in [6.07, 6.45) is 3.85. The van der Waals surface area contributed by atoms with E-state index in [1.807, 2.05) is 66.7 Å². The molecule has 340 valence electrons. The van der Waals surface area contributed by atoms with E-state index in [0.29, 0.717) is 104 Å². The van der Waals surface area contributed by atoms with E-state index in [1.54, 1.807) is 71.8 Å². The molecule has 1 aliphatic rings. The molecule has 0 atom stereocenters. The highest BCUT2D eigenvalue weighted by Crippen LogP contribution is 2.42. The van der Waals surface area contributed by atoms with Crippen LogP contribution in [0, 0.1) is 5.82 Å². The first kappa shape index (κ1) is 45.7. The number of halogens is 1. The molecule has 1 saturated heterocycles. The lowest BCUT2D eigenvalue weighted by atomic mass is 9.97. The van der Waals surface area contributed by atoms with Crippen molar-refractivity contribution in [2.75, 3.05) is 60.2 Å². The fourth-order valence-corrected chi connectivity index (χ4v) is 9.40. The van der Waals surface area contributed by atoms with Crippen molar-refractivity contribution >= 4 is 49.8 Å². The molecule has 0 bridgehead atoms. The summed E-state index contributed by atoms with van der Waals surface area (Å²) in [5, 5.41) is 8.83. The third kappa shape index (κ3) is 10.6. The lowest BCUT2D eigenvalue weighted by molar-refractivity contribution is -0.132. The van der Waals surface area contributed by atoms with Gasteiger partial charge >= 0.3 is 0 Å². The van der Waals surface area contributed by atoms with Crippen LogP contribution in [0.15, 0.2) is 114 Å². The molecule has 0 saturated carbocycles. The number of thiophene rings is 1. The number of aromatic amines is 1. The van der Waals surface area contributed by atoms with Crippen LogP contribution in [0.3, 0.4) is 0 Å². The average molecular weight is 911 g/mol. The molecule has 14 heteroatoms. The van der Waals surface area contributed by atoms with E-state index in [-0.39, 0.29) is 22.8 Å². The second kappa shape index (κ2) is 21.4. The maximum Gasteiger partial charge on any atom is 0.272 e. The molecule has 66 heavy (non-hydrogen) atoms. The van der Waals surface area contributed by atoms with Crippen molar-refractivity contribution in [2.24, 2.45) is 0 Å². The van der Waals surface area contributed by atoms with Crippen LogP contribution in [0.2, 0.25) is 0 Å². The van der Waals surface area contributed by atoms with Gasteiger partial charge in [-0.15, -0.1) is 11.3 Å². The summed E-state index contributed by atoms with van der Waals surface area (Å²) in [4.78, 5) is 56.9. The molecule has 1 N–H and O–H groups in total. The molecule has 12 nitrogen and oxygen atoms in total. The van der Waals surface area contributed by atoms with Gasteiger partial charge in [0.2, 0.25) is 5.91 Å². The number of nitrogens with zero attached hydrogens (tertiary/aromatic N) is 3. The summed E-state index contributed by atoms with van der Waals surface area (Å²) >= 11 is 1.56. The van der Waals surface area contributed by atoms with Gasteiger partial charge in [-0.1, -0.05) is 30.7 Å². The van der Waals surface area contributed by atoms with Gasteiger partial charge in [0.1, 0.15) is 23.1 Å². The second-order valence-electron chi connectivity index (χ2n) is 16.1. The molecular formula is C52H51FN4O8S. The Labute approximate surface area is 385 Å². The number of piperazine rings is 1. The number of unbranched alkanes of at least 4 members (excludes halogenated alkanes) is 2. The molecule has 0 aliphatic carbocycles. The van der Waals surface area contributed by atoms with Gasteiger partial charge in [0.25, 0.3) is 11.5 Å². The molecule has 0 unspecified atom stereocenters. The number of ether oxygens (including phenoxy) is 4. The molecule has 0 spiro atoms. The van der Waals surface area contributed by atoms with Gasteiger partial charge in [-0.25, -0.2) is 9.49 Å². The maximum absolute atomic E-state index is 15.0. The molecular weight excluding hydrogens is 860 g/mol. The predicted molar refractivity (Wildman–Crippen MR) is 254 cm³/mol. The highest BCUT2D eigenvalue weighted by Gasteiger charge is 2.27. The third-order valence-electron chi connectivity index (χ3n) is 11.8. The predicted octanol–water partition coefficient (Wildman–Crippen LogP) is 9.11. The fourth-order valence-electron chi connectivity index (χ4n) is 8.17. The minimum Gasteiger partial charge on any atom is -0.497 e. The zero-order chi connectivity index (χ0) is 46.0. The van der Waals surface area contributed by atoms with Gasteiger partial charge in [-0.05, 0) is 109 Å². The van der Waals surface area contributed by atoms with Crippen molar-refractivity contribution in [1.29, 1.82) is 0 Å². The van der Waals surface area contributed by atoms with Crippen LogP contribution in [0.5, 0.6) is 17.2 Å². The van der Waals surface area contributed by atoms with Crippen LogP contribution in [-0.4, -0.2) is 97.8 Å². The summed E-state index contributed by atoms with van der Waals surface area (Å²) in [5.41, 5.74) is 3.16. The zero-order valence-electron chi connectivity index (χ0n) is 37.0.